The van der Waals surface area contributed by atoms with E-state index in [-0.39, 0.29) is 11.8 Å². The fourth-order valence-electron chi connectivity index (χ4n) is 2.12. The summed E-state index contributed by atoms with van der Waals surface area (Å²) in [5.41, 5.74) is 0.792. The number of hydrogen-bond donors (Lipinski definition) is 1. The number of ether oxygens (including phenoxy) is 1. The van der Waals surface area contributed by atoms with Crippen molar-refractivity contribution in [2.45, 2.75) is 31.1 Å². The van der Waals surface area contributed by atoms with Gasteiger partial charge in [0, 0.05) is 23.7 Å². The van der Waals surface area contributed by atoms with Crippen LogP contribution in [0.3, 0.4) is 0 Å². The van der Waals surface area contributed by atoms with Crippen molar-refractivity contribution in [3.8, 4) is 0 Å². The Bertz CT molecular complexity index is 493. The molecular formula is C13H18BrNO3S. The number of sulfonamides is 1. The smallest absolute Gasteiger partial charge is 0.216 e. The van der Waals surface area contributed by atoms with Gasteiger partial charge in [-0.2, -0.15) is 0 Å². The molecule has 4 nitrogen and oxygen atoms in total. The van der Waals surface area contributed by atoms with Crippen LogP contribution in [-0.4, -0.2) is 27.7 Å². The molecule has 1 unspecified atom stereocenters. The number of rotatable bonds is 4. The van der Waals surface area contributed by atoms with Gasteiger partial charge < -0.3 is 4.74 Å². The lowest BCUT2D eigenvalue weighted by molar-refractivity contribution is 0.143. The quantitative estimate of drug-likeness (QED) is 0.909. The molecule has 0 amide bonds. The van der Waals surface area contributed by atoms with Crippen LogP contribution in [-0.2, 0) is 20.5 Å². The molecule has 0 spiro atoms. The Balaban J connectivity index is 1.95. The van der Waals surface area contributed by atoms with Crippen LogP contribution in [0.25, 0.3) is 0 Å². The normalized spacial score (nSPS) is 21.0. The van der Waals surface area contributed by atoms with Crippen LogP contribution in [0, 0.1) is 0 Å². The second-order valence-corrected chi connectivity index (χ2v) is 7.41. The molecule has 0 radical (unpaired) electrons. The van der Waals surface area contributed by atoms with E-state index in [9.17, 15) is 8.42 Å². The number of benzene rings is 1. The van der Waals surface area contributed by atoms with E-state index in [0.717, 1.165) is 35.9 Å². The van der Waals surface area contributed by atoms with E-state index in [1.165, 1.54) is 0 Å². The molecule has 106 valence electrons. The van der Waals surface area contributed by atoms with Gasteiger partial charge in [-0.25, -0.2) is 13.1 Å². The lowest BCUT2D eigenvalue weighted by atomic mass is 10.1. The predicted octanol–water partition coefficient (Wildman–Crippen LogP) is 2.44. The van der Waals surface area contributed by atoms with Crippen LogP contribution < -0.4 is 4.72 Å². The highest BCUT2D eigenvalue weighted by Crippen LogP contribution is 2.14. The highest BCUT2D eigenvalue weighted by Gasteiger charge is 2.19. The second kappa shape index (κ2) is 6.83. The van der Waals surface area contributed by atoms with Crippen LogP contribution in [0.4, 0.5) is 0 Å². The van der Waals surface area contributed by atoms with E-state index in [1.807, 2.05) is 24.3 Å². The molecule has 6 heteroatoms. The third kappa shape index (κ3) is 5.22. The largest absolute Gasteiger partial charge is 0.381 e. The zero-order valence-electron chi connectivity index (χ0n) is 10.6. The maximum atomic E-state index is 12.1. The number of halogens is 1. The molecule has 1 atom stereocenters. The van der Waals surface area contributed by atoms with E-state index in [0.29, 0.717) is 6.61 Å². The van der Waals surface area contributed by atoms with E-state index in [1.54, 1.807) is 0 Å². The minimum absolute atomic E-state index is 0.00273. The SMILES string of the molecule is O=S(=O)(Cc1ccc(Br)cc1)NC1CCCOCC1. The minimum Gasteiger partial charge on any atom is -0.381 e. The van der Waals surface area contributed by atoms with Crippen LogP contribution >= 0.6 is 15.9 Å². The molecule has 2 rings (SSSR count). The molecule has 1 aliphatic rings. The van der Waals surface area contributed by atoms with Gasteiger partial charge in [0.25, 0.3) is 0 Å². The standard InChI is InChI=1S/C13H18BrNO3S/c14-12-5-3-11(4-6-12)10-19(16,17)15-13-2-1-8-18-9-7-13/h3-6,13,15H,1-2,7-10H2. The van der Waals surface area contributed by atoms with Crippen LogP contribution in [0.1, 0.15) is 24.8 Å². The summed E-state index contributed by atoms with van der Waals surface area (Å²) in [7, 11) is -3.28. The summed E-state index contributed by atoms with van der Waals surface area (Å²) >= 11 is 3.33. The van der Waals surface area contributed by atoms with Crippen LogP contribution in [0.15, 0.2) is 28.7 Å². The third-order valence-electron chi connectivity index (χ3n) is 3.07. The van der Waals surface area contributed by atoms with Crippen molar-refractivity contribution >= 4 is 26.0 Å². The van der Waals surface area contributed by atoms with Gasteiger partial charge >= 0.3 is 0 Å². The first-order valence-electron chi connectivity index (χ1n) is 6.37. The molecule has 0 saturated carbocycles. The van der Waals surface area contributed by atoms with Crippen molar-refractivity contribution in [3.05, 3.63) is 34.3 Å². The fraction of sp³-hybridized carbons (Fsp3) is 0.538. The molecule has 0 aliphatic carbocycles. The third-order valence-corrected chi connectivity index (χ3v) is 5.00. The summed E-state index contributed by atoms with van der Waals surface area (Å²) in [4.78, 5) is 0. The van der Waals surface area contributed by atoms with Crippen molar-refractivity contribution in [1.29, 1.82) is 0 Å². The topological polar surface area (TPSA) is 55.4 Å². The van der Waals surface area contributed by atoms with Crippen molar-refractivity contribution in [2.75, 3.05) is 13.2 Å². The van der Waals surface area contributed by atoms with Crippen LogP contribution in [0.2, 0.25) is 0 Å². The lowest BCUT2D eigenvalue weighted by Crippen LogP contribution is -2.35. The molecule has 0 aromatic heterocycles. The molecule has 19 heavy (non-hydrogen) atoms. The molecule has 1 aliphatic heterocycles. The summed E-state index contributed by atoms with van der Waals surface area (Å²) in [5.74, 6) is 0.0254. The van der Waals surface area contributed by atoms with E-state index >= 15 is 0 Å². The van der Waals surface area contributed by atoms with Gasteiger partial charge in [-0.05, 0) is 37.0 Å². The molecular weight excluding hydrogens is 330 g/mol. The Morgan fingerprint density at radius 2 is 1.95 bits per heavy atom. The first kappa shape index (κ1) is 15.0. The number of hydrogen-bond acceptors (Lipinski definition) is 3. The lowest BCUT2D eigenvalue weighted by Gasteiger charge is -2.15. The summed E-state index contributed by atoms with van der Waals surface area (Å²) in [5, 5.41) is 0. The highest BCUT2D eigenvalue weighted by molar-refractivity contribution is 9.10. The maximum Gasteiger partial charge on any atom is 0.216 e. The highest BCUT2D eigenvalue weighted by atomic mass is 79.9. The van der Waals surface area contributed by atoms with Gasteiger partial charge in [-0.3, -0.25) is 0 Å². The van der Waals surface area contributed by atoms with Gasteiger partial charge in [0.15, 0.2) is 0 Å². The first-order chi connectivity index (χ1) is 9.05. The average Bonchev–Trinajstić information content (AvgIpc) is 2.60. The molecule has 1 aromatic rings. The van der Waals surface area contributed by atoms with Gasteiger partial charge in [-0.1, -0.05) is 28.1 Å². The average molecular weight is 348 g/mol. The Labute approximate surface area is 122 Å². The zero-order chi connectivity index (χ0) is 13.7. The van der Waals surface area contributed by atoms with Gasteiger partial charge in [0.05, 0.1) is 5.75 Å². The summed E-state index contributed by atoms with van der Waals surface area (Å²) in [6.45, 7) is 1.36. The first-order valence-corrected chi connectivity index (χ1v) is 8.82. The second-order valence-electron chi connectivity index (χ2n) is 4.74. The molecule has 1 heterocycles. The van der Waals surface area contributed by atoms with Crippen molar-refractivity contribution in [3.63, 3.8) is 0 Å². The maximum absolute atomic E-state index is 12.1. The summed E-state index contributed by atoms with van der Waals surface area (Å²) in [6.07, 6.45) is 2.50. The molecule has 1 fully saturated rings. The molecule has 0 bridgehead atoms. The molecule has 1 aromatic carbocycles. The molecule has 1 N–H and O–H groups in total. The zero-order valence-corrected chi connectivity index (χ0v) is 13.0. The number of nitrogens with one attached hydrogen (secondary N) is 1. The Kier molecular flexibility index (Phi) is 5.38. The van der Waals surface area contributed by atoms with E-state index in [4.69, 9.17) is 4.74 Å². The summed E-state index contributed by atoms with van der Waals surface area (Å²) in [6, 6.07) is 7.34. The van der Waals surface area contributed by atoms with Crippen LogP contribution in [0.5, 0.6) is 0 Å². The van der Waals surface area contributed by atoms with E-state index < -0.39 is 10.0 Å². The van der Waals surface area contributed by atoms with Crippen molar-refractivity contribution in [2.24, 2.45) is 0 Å². The predicted molar refractivity (Wildman–Crippen MR) is 78.4 cm³/mol. The van der Waals surface area contributed by atoms with Crippen molar-refractivity contribution in [1.82, 2.24) is 4.72 Å². The summed E-state index contributed by atoms with van der Waals surface area (Å²) < 4.78 is 33.3. The van der Waals surface area contributed by atoms with Crippen molar-refractivity contribution < 1.29 is 13.2 Å². The fourth-order valence-corrected chi connectivity index (χ4v) is 3.84. The van der Waals surface area contributed by atoms with Gasteiger partial charge in [0.1, 0.15) is 0 Å². The van der Waals surface area contributed by atoms with Gasteiger partial charge in [-0.15, -0.1) is 0 Å². The molecule has 1 saturated heterocycles. The monoisotopic (exact) mass is 347 g/mol. The minimum atomic E-state index is -3.28. The van der Waals surface area contributed by atoms with E-state index in [2.05, 4.69) is 20.7 Å². The Hall–Kier alpha value is -0.430. The Morgan fingerprint density at radius 1 is 1.21 bits per heavy atom. The Morgan fingerprint density at radius 3 is 2.68 bits per heavy atom. The van der Waals surface area contributed by atoms with Gasteiger partial charge in [0.2, 0.25) is 10.0 Å².